The van der Waals surface area contributed by atoms with E-state index in [-0.39, 0.29) is 0 Å². The maximum atomic E-state index is 5.44. The molecule has 0 bridgehead atoms. The zero-order chi connectivity index (χ0) is 9.10. The molecule has 0 amide bonds. The number of H-pyrrole nitrogens is 1. The van der Waals surface area contributed by atoms with E-state index in [0.29, 0.717) is 5.13 Å². The van der Waals surface area contributed by atoms with Crippen LogP contribution in [0.2, 0.25) is 0 Å². The van der Waals surface area contributed by atoms with E-state index in [9.17, 15) is 0 Å². The first kappa shape index (κ1) is 8.52. The molecule has 0 saturated heterocycles. The number of rotatable bonds is 3. The number of nitrogens with one attached hydrogen (secondary N) is 1. The van der Waals surface area contributed by atoms with Gasteiger partial charge in [-0.2, -0.15) is 5.10 Å². The molecule has 2 aromatic rings. The summed E-state index contributed by atoms with van der Waals surface area (Å²) in [5, 5.41) is 14.8. The molecule has 0 unspecified atom stereocenters. The van der Waals surface area contributed by atoms with Crippen molar-refractivity contribution in [1.82, 2.24) is 20.4 Å². The van der Waals surface area contributed by atoms with Crippen LogP contribution in [0.5, 0.6) is 0 Å². The largest absolute Gasteiger partial charge is 0.374 e. The number of nitrogen functional groups attached to an aromatic ring is 1. The third kappa shape index (κ3) is 2.19. The summed E-state index contributed by atoms with van der Waals surface area (Å²) in [5.74, 6) is 0.814. The summed E-state index contributed by atoms with van der Waals surface area (Å²) in [6, 6.07) is 1.93. The SMILES string of the molecule is Nc1nnc(SCc2ccn[nH]2)s1. The van der Waals surface area contributed by atoms with Crippen LogP contribution in [0, 0.1) is 0 Å². The molecule has 0 aromatic carbocycles. The zero-order valence-electron chi connectivity index (χ0n) is 6.60. The summed E-state index contributed by atoms with van der Waals surface area (Å²) in [6.45, 7) is 0. The normalized spacial score (nSPS) is 10.5. The van der Waals surface area contributed by atoms with Crippen molar-refractivity contribution < 1.29 is 0 Å². The van der Waals surface area contributed by atoms with Crippen molar-refractivity contribution in [1.29, 1.82) is 0 Å². The molecule has 0 saturated carbocycles. The summed E-state index contributed by atoms with van der Waals surface area (Å²) in [6.07, 6.45) is 1.73. The lowest BCUT2D eigenvalue weighted by Gasteiger charge is -1.91. The Bertz CT molecular complexity index is 368. The van der Waals surface area contributed by atoms with Gasteiger partial charge in [0.1, 0.15) is 0 Å². The number of anilines is 1. The van der Waals surface area contributed by atoms with Gasteiger partial charge in [0.2, 0.25) is 5.13 Å². The molecular weight excluding hydrogens is 206 g/mol. The second-order valence-electron chi connectivity index (χ2n) is 2.28. The lowest BCUT2D eigenvalue weighted by atomic mass is 10.5. The number of aromatic amines is 1. The van der Waals surface area contributed by atoms with Gasteiger partial charge in [0, 0.05) is 17.6 Å². The Morgan fingerprint density at radius 3 is 3.08 bits per heavy atom. The number of hydrogen-bond acceptors (Lipinski definition) is 6. The fourth-order valence-electron chi connectivity index (χ4n) is 0.783. The van der Waals surface area contributed by atoms with Crippen LogP contribution in [0.1, 0.15) is 5.69 Å². The predicted molar refractivity (Wildman–Crippen MR) is 52.5 cm³/mol. The van der Waals surface area contributed by atoms with Gasteiger partial charge >= 0.3 is 0 Å². The van der Waals surface area contributed by atoms with Crippen molar-refractivity contribution in [2.24, 2.45) is 0 Å². The third-order valence-electron chi connectivity index (χ3n) is 1.33. The molecule has 2 rings (SSSR count). The van der Waals surface area contributed by atoms with Crippen molar-refractivity contribution in [2.45, 2.75) is 10.1 Å². The van der Waals surface area contributed by atoms with Crippen molar-refractivity contribution >= 4 is 28.2 Å². The molecule has 0 spiro atoms. The molecule has 0 aliphatic carbocycles. The van der Waals surface area contributed by atoms with Crippen molar-refractivity contribution in [3.05, 3.63) is 18.0 Å². The smallest absolute Gasteiger partial charge is 0.203 e. The highest BCUT2D eigenvalue weighted by molar-refractivity contribution is 8.00. The molecule has 68 valence electrons. The van der Waals surface area contributed by atoms with Crippen molar-refractivity contribution in [3.63, 3.8) is 0 Å². The van der Waals surface area contributed by atoms with Gasteiger partial charge in [-0.05, 0) is 6.07 Å². The summed E-state index contributed by atoms with van der Waals surface area (Å²) < 4.78 is 0.882. The average molecular weight is 213 g/mol. The minimum atomic E-state index is 0.507. The van der Waals surface area contributed by atoms with E-state index in [4.69, 9.17) is 5.73 Å². The fourth-order valence-corrected chi connectivity index (χ4v) is 2.33. The van der Waals surface area contributed by atoms with Gasteiger partial charge in [-0.1, -0.05) is 23.1 Å². The predicted octanol–water partition coefficient (Wildman–Crippen LogP) is 1.14. The summed E-state index contributed by atoms with van der Waals surface area (Å²) in [5.41, 5.74) is 6.51. The quantitative estimate of drug-likeness (QED) is 0.747. The van der Waals surface area contributed by atoms with E-state index < -0.39 is 0 Å². The highest BCUT2D eigenvalue weighted by Gasteiger charge is 2.02. The summed E-state index contributed by atoms with van der Waals surface area (Å²) in [7, 11) is 0. The van der Waals surface area contributed by atoms with E-state index in [1.165, 1.54) is 11.3 Å². The van der Waals surface area contributed by atoms with E-state index >= 15 is 0 Å². The van der Waals surface area contributed by atoms with Crippen molar-refractivity contribution in [2.75, 3.05) is 5.73 Å². The molecular formula is C6H7N5S2. The van der Waals surface area contributed by atoms with Crippen LogP contribution in [0.25, 0.3) is 0 Å². The van der Waals surface area contributed by atoms with E-state index in [1.54, 1.807) is 18.0 Å². The molecule has 0 radical (unpaired) electrons. The number of nitrogens with zero attached hydrogens (tertiary/aromatic N) is 3. The highest BCUT2D eigenvalue weighted by atomic mass is 32.2. The molecule has 0 aliphatic heterocycles. The van der Waals surface area contributed by atoms with Gasteiger partial charge in [-0.15, -0.1) is 10.2 Å². The Hall–Kier alpha value is -1.08. The first-order valence-corrected chi connectivity index (χ1v) is 5.35. The van der Waals surface area contributed by atoms with E-state index in [1.807, 2.05) is 6.07 Å². The molecule has 5 nitrogen and oxygen atoms in total. The van der Waals surface area contributed by atoms with Gasteiger partial charge < -0.3 is 5.73 Å². The monoisotopic (exact) mass is 213 g/mol. The van der Waals surface area contributed by atoms with Crippen LogP contribution in [0.4, 0.5) is 5.13 Å². The highest BCUT2D eigenvalue weighted by Crippen LogP contribution is 2.25. The van der Waals surface area contributed by atoms with Crippen LogP contribution in [-0.4, -0.2) is 20.4 Å². The third-order valence-corrected chi connectivity index (χ3v) is 3.27. The number of hydrogen-bond donors (Lipinski definition) is 2. The molecule has 0 fully saturated rings. The van der Waals surface area contributed by atoms with Gasteiger partial charge in [0.25, 0.3) is 0 Å². The fraction of sp³-hybridized carbons (Fsp3) is 0.167. The topological polar surface area (TPSA) is 80.5 Å². The minimum absolute atomic E-state index is 0.507. The molecule has 0 atom stereocenters. The Kier molecular flexibility index (Phi) is 2.46. The Balaban J connectivity index is 1.93. The zero-order valence-corrected chi connectivity index (χ0v) is 8.23. The van der Waals surface area contributed by atoms with Gasteiger partial charge in [0.05, 0.1) is 0 Å². The first-order chi connectivity index (χ1) is 6.34. The first-order valence-electron chi connectivity index (χ1n) is 3.54. The molecule has 2 aromatic heterocycles. The summed E-state index contributed by atoms with van der Waals surface area (Å²) in [4.78, 5) is 0. The number of aromatic nitrogens is 4. The molecule has 7 heteroatoms. The molecule has 0 aliphatic rings. The van der Waals surface area contributed by atoms with Gasteiger partial charge in [-0.25, -0.2) is 0 Å². The second kappa shape index (κ2) is 3.75. The van der Waals surface area contributed by atoms with Gasteiger partial charge in [-0.3, -0.25) is 5.10 Å². The molecule has 2 heterocycles. The van der Waals surface area contributed by atoms with Crippen LogP contribution in [-0.2, 0) is 5.75 Å². The lowest BCUT2D eigenvalue weighted by Crippen LogP contribution is -1.80. The maximum Gasteiger partial charge on any atom is 0.203 e. The Labute approximate surface area is 82.8 Å². The van der Waals surface area contributed by atoms with E-state index in [2.05, 4.69) is 20.4 Å². The Morgan fingerprint density at radius 1 is 1.54 bits per heavy atom. The second-order valence-corrected chi connectivity index (χ2v) is 4.51. The van der Waals surface area contributed by atoms with Crippen LogP contribution < -0.4 is 5.73 Å². The summed E-state index contributed by atoms with van der Waals surface area (Å²) >= 11 is 2.99. The maximum absolute atomic E-state index is 5.44. The Morgan fingerprint density at radius 2 is 2.46 bits per heavy atom. The molecule has 13 heavy (non-hydrogen) atoms. The molecule has 3 N–H and O–H groups in total. The minimum Gasteiger partial charge on any atom is -0.374 e. The van der Waals surface area contributed by atoms with Crippen LogP contribution in [0.15, 0.2) is 16.6 Å². The average Bonchev–Trinajstić information content (AvgIpc) is 2.71. The standard InChI is InChI=1S/C6H7N5S2/c7-5-10-11-6(13-5)12-3-4-1-2-8-9-4/h1-2H,3H2,(H2,7,10)(H,8,9). The van der Waals surface area contributed by atoms with Gasteiger partial charge in [0.15, 0.2) is 4.34 Å². The van der Waals surface area contributed by atoms with Crippen molar-refractivity contribution in [3.8, 4) is 0 Å². The lowest BCUT2D eigenvalue weighted by molar-refractivity contribution is 1.01. The van der Waals surface area contributed by atoms with E-state index in [0.717, 1.165) is 15.8 Å². The number of thioether (sulfide) groups is 1. The number of nitrogens with two attached hydrogens (primary N) is 1. The van der Waals surface area contributed by atoms with Crippen LogP contribution in [0.3, 0.4) is 0 Å². The van der Waals surface area contributed by atoms with Crippen LogP contribution >= 0.6 is 23.1 Å².